The molecule has 7 nitrogen and oxygen atoms in total. The summed E-state index contributed by atoms with van der Waals surface area (Å²) in [4.78, 5) is 38.7. The predicted molar refractivity (Wildman–Crippen MR) is 136 cm³/mol. The summed E-state index contributed by atoms with van der Waals surface area (Å²) in [5.41, 5.74) is 4.47. The number of esters is 1. The zero-order valence-corrected chi connectivity index (χ0v) is 20.0. The van der Waals surface area contributed by atoms with Gasteiger partial charge in [0.1, 0.15) is 6.61 Å². The van der Waals surface area contributed by atoms with Gasteiger partial charge in [0.25, 0.3) is 0 Å². The van der Waals surface area contributed by atoms with Crippen LogP contribution in [0.4, 0.5) is 4.79 Å². The van der Waals surface area contributed by atoms with Crippen LogP contribution in [0.2, 0.25) is 0 Å². The van der Waals surface area contributed by atoms with E-state index in [-0.39, 0.29) is 32.0 Å². The Morgan fingerprint density at radius 1 is 0.917 bits per heavy atom. The number of nitrogens with zero attached hydrogens (tertiary/aromatic N) is 1. The van der Waals surface area contributed by atoms with Crippen molar-refractivity contribution in [1.29, 1.82) is 0 Å². The van der Waals surface area contributed by atoms with Crippen molar-refractivity contribution in [2.24, 2.45) is 0 Å². The first-order valence-corrected chi connectivity index (χ1v) is 11.8. The Hall–Kier alpha value is -4.39. The maximum Gasteiger partial charge on any atom is 0.338 e. The Morgan fingerprint density at radius 3 is 2.17 bits per heavy atom. The standard InChI is InChI=1S/C29H28N2O5/c1-20-26(28(34)36-19-21-9-4-2-5-10-21)27(30-29(35)31(20)18-8-13-25(32)33)24-16-14-23(15-17-24)22-11-6-3-7-12-22/h2-7,9-12,14-17,27H,8,13,18-19H2,1H3,(H,30,35)(H,32,33). The molecule has 0 radical (unpaired) electrons. The van der Waals surface area contributed by atoms with E-state index in [1.165, 1.54) is 4.90 Å². The Morgan fingerprint density at radius 2 is 1.53 bits per heavy atom. The fraction of sp³-hybridized carbons (Fsp3) is 0.207. The molecule has 36 heavy (non-hydrogen) atoms. The van der Waals surface area contributed by atoms with E-state index >= 15 is 0 Å². The third-order valence-corrected chi connectivity index (χ3v) is 6.15. The molecule has 1 atom stereocenters. The maximum atomic E-state index is 13.3. The van der Waals surface area contributed by atoms with Crippen molar-refractivity contribution < 1.29 is 24.2 Å². The largest absolute Gasteiger partial charge is 0.481 e. The zero-order chi connectivity index (χ0) is 25.5. The average Bonchev–Trinajstić information content (AvgIpc) is 2.90. The molecular formula is C29H28N2O5. The first kappa shape index (κ1) is 24.7. The van der Waals surface area contributed by atoms with Gasteiger partial charge in [0.2, 0.25) is 0 Å². The molecule has 0 bridgehead atoms. The third kappa shape index (κ3) is 5.81. The SMILES string of the molecule is CC1=C(C(=O)OCc2ccccc2)C(c2ccc(-c3ccccc3)cc2)NC(=O)N1CCCC(=O)O. The Bertz CT molecular complexity index is 1250. The van der Waals surface area contributed by atoms with Gasteiger partial charge in [0.05, 0.1) is 11.6 Å². The van der Waals surface area contributed by atoms with Crippen LogP contribution in [-0.2, 0) is 20.9 Å². The van der Waals surface area contributed by atoms with Gasteiger partial charge < -0.3 is 15.2 Å². The van der Waals surface area contributed by atoms with E-state index in [9.17, 15) is 14.4 Å². The molecule has 0 spiro atoms. The minimum absolute atomic E-state index is 0.0742. The van der Waals surface area contributed by atoms with Crippen molar-refractivity contribution >= 4 is 18.0 Å². The Labute approximate surface area is 210 Å². The lowest BCUT2D eigenvalue weighted by Gasteiger charge is -2.35. The van der Waals surface area contributed by atoms with E-state index in [2.05, 4.69) is 5.32 Å². The Kier molecular flexibility index (Phi) is 7.80. The minimum Gasteiger partial charge on any atom is -0.481 e. The van der Waals surface area contributed by atoms with Gasteiger partial charge in [-0.1, -0.05) is 84.9 Å². The van der Waals surface area contributed by atoms with E-state index in [0.717, 1.165) is 22.3 Å². The smallest absolute Gasteiger partial charge is 0.338 e. The van der Waals surface area contributed by atoms with Crippen LogP contribution in [0.15, 0.2) is 96.2 Å². The van der Waals surface area contributed by atoms with E-state index < -0.39 is 18.0 Å². The monoisotopic (exact) mass is 484 g/mol. The van der Waals surface area contributed by atoms with Crippen LogP contribution in [0.5, 0.6) is 0 Å². The summed E-state index contributed by atoms with van der Waals surface area (Å²) < 4.78 is 5.64. The van der Waals surface area contributed by atoms with Crippen molar-refractivity contribution in [3.8, 4) is 11.1 Å². The summed E-state index contributed by atoms with van der Waals surface area (Å²) >= 11 is 0. The van der Waals surface area contributed by atoms with Gasteiger partial charge in [0, 0.05) is 18.7 Å². The Balaban J connectivity index is 1.63. The number of nitrogens with one attached hydrogen (secondary N) is 1. The number of carbonyl (C=O) groups is 3. The highest BCUT2D eigenvalue weighted by Gasteiger charge is 2.36. The van der Waals surface area contributed by atoms with Crippen LogP contribution in [0.3, 0.4) is 0 Å². The molecular weight excluding hydrogens is 456 g/mol. The molecule has 0 saturated heterocycles. The number of carbonyl (C=O) groups excluding carboxylic acids is 2. The summed E-state index contributed by atoms with van der Waals surface area (Å²) in [6, 6.07) is 25.9. The summed E-state index contributed by atoms with van der Waals surface area (Å²) in [6.45, 7) is 1.98. The van der Waals surface area contributed by atoms with Gasteiger partial charge in [-0.25, -0.2) is 9.59 Å². The van der Waals surface area contributed by atoms with Crippen LogP contribution in [-0.4, -0.2) is 34.5 Å². The third-order valence-electron chi connectivity index (χ3n) is 6.15. The first-order chi connectivity index (χ1) is 17.4. The fourth-order valence-electron chi connectivity index (χ4n) is 4.25. The maximum absolute atomic E-state index is 13.3. The predicted octanol–water partition coefficient (Wildman–Crippen LogP) is 5.30. The number of hydrogen-bond acceptors (Lipinski definition) is 4. The highest BCUT2D eigenvalue weighted by Crippen LogP contribution is 2.33. The molecule has 0 saturated carbocycles. The molecule has 1 aliphatic rings. The molecule has 0 aromatic heterocycles. The molecule has 184 valence electrons. The van der Waals surface area contributed by atoms with Crippen LogP contribution < -0.4 is 5.32 Å². The summed E-state index contributed by atoms with van der Waals surface area (Å²) in [7, 11) is 0. The fourth-order valence-corrected chi connectivity index (χ4v) is 4.25. The molecule has 3 aromatic rings. The van der Waals surface area contributed by atoms with Crippen LogP contribution >= 0.6 is 0 Å². The van der Waals surface area contributed by atoms with Gasteiger partial charge in [-0.05, 0) is 35.6 Å². The molecule has 0 fully saturated rings. The number of amides is 2. The highest BCUT2D eigenvalue weighted by atomic mass is 16.5. The van der Waals surface area contributed by atoms with E-state index in [4.69, 9.17) is 9.84 Å². The second kappa shape index (κ2) is 11.4. The molecule has 3 aromatic carbocycles. The number of hydrogen-bond donors (Lipinski definition) is 2. The van der Waals surface area contributed by atoms with Gasteiger partial charge in [-0.3, -0.25) is 9.69 Å². The molecule has 7 heteroatoms. The molecule has 1 aliphatic heterocycles. The molecule has 1 heterocycles. The number of rotatable bonds is 9. The molecule has 1 unspecified atom stereocenters. The van der Waals surface area contributed by atoms with Crippen LogP contribution in [0.1, 0.15) is 36.9 Å². The lowest BCUT2D eigenvalue weighted by atomic mass is 9.93. The van der Waals surface area contributed by atoms with Crippen molar-refractivity contribution in [3.63, 3.8) is 0 Å². The van der Waals surface area contributed by atoms with Crippen molar-refractivity contribution in [3.05, 3.63) is 107 Å². The zero-order valence-electron chi connectivity index (χ0n) is 20.0. The van der Waals surface area contributed by atoms with E-state index in [1.54, 1.807) is 6.92 Å². The quantitative estimate of drug-likeness (QED) is 0.402. The van der Waals surface area contributed by atoms with Gasteiger partial charge in [-0.2, -0.15) is 0 Å². The molecule has 2 amide bonds. The average molecular weight is 485 g/mol. The second-order valence-electron chi connectivity index (χ2n) is 8.58. The summed E-state index contributed by atoms with van der Waals surface area (Å²) in [5, 5.41) is 11.9. The number of aliphatic carboxylic acids is 1. The minimum atomic E-state index is -0.937. The van der Waals surface area contributed by atoms with Gasteiger partial charge in [0.15, 0.2) is 0 Å². The van der Waals surface area contributed by atoms with E-state index in [1.807, 2.05) is 84.9 Å². The van der Waals surface area contributed by atoms with E-state index in [0.29, 0.717) is 11.3 Å². The molecule has 4 rings (SSSR count). The second-order valence-corrected chi connectivity index (χ2v) is 8.58. The first-order valence-electron chi connectivity index (χ1n) is 11.8. The number of allylic oxidation sites excluding steroid dienone is 1. The highest BCUT2D eigenvalue weighted by molar-refractivity contribution is 5.95. The van der Waals surface area contributed by atoms with Crippen molar-refractivity contribution in [2.45, 2.75) is 32.4 Å². The van der Waals surface area contributed by atoms with Gasteiger partial charge in [-0.15, -0.1) is 0 Å². The summed E-state index contributed by atoms with van der Waals surface area (Å²) in [6.07, 6.45) is 0.193. The lowest BCUT2D eigenvalue weighted by molar-refractivity contribution is -0.141. The number of carboxylic acid groups (broad SMARTS) is 1. The topological polar surface area (TPSA) is 95.9 Å². The number of carboxylic acids is 1. The van der Waals surface area contributed by atoms with Crippen LogP contribution in [0, 0.1) is 0 Å². The molecule has 2 N–H and O–H groups in total. The van der Waals surface area contributed by atoms with Crippen molar-refractivity contribution in [1.82, 2.24) is 10.2 Å². The number of ether oxygens (including phenoxy) is 1. The van der Waals surface area contributed by atoms with Crippen molar-refractivity contribution in [2.75, 3.05) is 6.54 Å². The number of urea groups is 1. The van der Waals surface area contributed by atoms with Crippen LogP contribution in [0.25, 0.3) is 11.1 Å². The molecule has 0 aliphatic carbocycles. The van der Waals surface area contributed by atoms with Gasteiger partial charge >= 0.3 is 18.0 Å². The normalized spacial score (nSPS) is 15.4. The number of benzene rings is 3. The lowest BCUT2D eigenvalue weighted by Crippen LogP contribution is -2.48. The summed E-state index contributed by atoms with van der Waals surface area (Å²) in [5.74, 6) is -1.47.